The molecule has 2 aromatic rings. The number of carbonyl (C=O) groups excluding carboxylic acids is 2. The number of carbonyl (C=O) groups is 2. The van der Waals surface area contributed by atoms with Crippen LogP contribution in [-0.4, -0.2) is 66.1 Å². The Morgan fingerprint density at radius 2 is 2.03 bits per heavy atom. The molecule has 3 rings (SSSR count). The lowest BCUT2D eigenvalue weighted by atomic mass is 9.89. The summed E-state index contributed by atoms with van der Waals surface area (Å²) in [5.74, 6) is 0.493. The molecule has 0 spiro atoms. The molecule has 1 aromatic carbocycles. The lowest BCUT2D eigenvalue weighted by Gasteiger charge is -2.47. The standard InChI is InChI=1S/C23H26N2O11/c1-6-9-32-25-22(30)35-17-15(27)21(36-23(3,4)18(17)31-5)33-12-8-7-11-14(26)13(19(24)28)20(29)34-16(11)10(12)2/h1,7-8,15,17-18,21,26-27H,9H2,2-5H3,(H2,24,28)(H,25,30)/t15-,17+,18-,21-/m1/s1. The molecular formula is C23H26N2O11. The molecule has 13 heteroatoms. The third kappa shape index (κ3) is 5.07. The highest BCUT2D eigenvalue weighted by Crippen LogP contribution is 2.37. The fraction of sp³-hybridized carbons (Fsp3) is 0.435. The Morgan fingerprint density at radius 3 is 2.64 bits per heavy atom. The predicted molar refractivity (Wildman–Crippen MR) is 122 cm³/mol. The van der Waals surface area contributed by atoms with Crippen LogP contribution in [0.25, 0.3) is 11.0 Å². The molecular weight excluding hydrogens is 480 g/mol. The van der Waals surface area contributed by atoms with Crippen LogP contribution in [0.1, 0.15) is 29.8 Å². The molecule has 1 aromatic heterocycles. The highest BCUT2D eigenvalue weighted by molar-refractivity contribution is 6.01. The van der Waals surface area contributed by atoms with Crippen molar-refractivity contribution < 1.29 is 48.0 Å². The molecule has 36 heavy (non-hydrogen) atoms. The van der Waals surface area contributed by atoms with E-state index in [1.807, 2.05) is 5.48 Å². The number of hydrogen-bond acceptors (Lipinski definition) is 11. The summed E-state index contributed by atoms with van der Waals surface area (Å²) in [4.78, 5) is 40.5. The first kappa shape index (κ1) is 26.8. The number of aliphatic hydroxyl groups excluding tert-OH is 1. The van der Waals surface area contributed by atoms with Gasteiger partial charge in [-0.15, -0.1) is 6.42 Å². The molecule has 0 aliphatic carbocycles. The first-order chi connectivity index (χ1) is 16.9. The Bertz CT molecular complexity index is 1260. The van der Waals surface area contributed by atoms with E-state index in [0.29, 0.717) is 0 Å². The summed E-state index contributed by atoms with van der Waals surface area (Å²) in [6.07, 6.45) is -1.07. The molecule has 2 heterocycles. The van der Waals surface area contributed by atoms with Crippen molar-refractivity contribution >= 4 is 23.0 Å². The van der Waals surface area contributed by atoms with Gasteiger partial charge in [0.2, 0.25) is 6.29 Å². The van der Waals surface area contributed by atoms with E-state index in [4.69, 9.17) is 40.4 Å². The van der Waals surface area contributed by atoms with Gasteiger partial charge in [0.15, 0.2) is 17.8 Å². The fourth-order valence-electron chi connectivity index (χ4n) is 3.93. The second-order valence-electron chi connectivity index (χ2n) is 8.36. The van der Waals surface area contributed by atoms with Gasteiger partial charge in [-0.25, -0.2) is 9.59 Å². The Morgan fingerprint density at radius 1 is 1.33 bits per heavy atom. The van der Waals surface area contributed by atoms with E-state index in [1.165, 1.54) is 26.2 Å². The predicted octanol–water partition coefficient (Wildman–Crippen LogP) is 0.455. The van der Waals surface area contributed by atoms with Crippen LogP contribution in [0, 0.1) is 19.3 Å². The Kier molecular flexibility index (Phi) is 7.75. The zero-order chi connectivity index (χ0) is 26.8. The van der Waals surface area contributed by atoms with Crippen molar-refractivity contribution in [3.63, 3.8) is 0 Å². The normalized spacial score (nSPS) is 23.0. The summed E-state index contributed by atoms with van der Waals surface area (Å²) < 4.78 is 27.7. The number of benzene rings is 1. The van der Waals surface area contributed by atoms with E-state index in [-0.39, 0.29) is 28.9 Å². The maximum atomic E-state index is 12.2. The number of fused-ring (bicyclic) bond motifs is 1. The number of nitrogens with two attached hydrogens (primary N) is 1. The van der Waals surface area contributed by atoms with Crippen LogP contribution < -0.4 is 21.6 Å². The van der Waals surface area contributed by atoms with Crippen molar-refractivity contribution in [1.82, 2.24) is 5.48 Å². The molecule has 1 saturated heterocycles. The molecule has 5 N–H and O–H groups in total. The van der Waals surface area contributed by atoms with Crippen molar-refractivity contribution in [3.8, 4) is 23.8 Å². The number of rotatable bonds is 7. The summed E-state index contributed by atoms with van der Waals surface area (Å²) in [6.45, 7) is 4.60. The van der Waals surface area contributed by atoms with Crippen molar-refractivity contribution in [2.24, 2.45) is 5.73 Å². The van der Waals surface area contributed by atoms with Crippen LogP contribution in [0.2, 0.25) is 0 Å². The van der Waals surface area contributed by atoms with E-state index in [9.17, 15) is 24.6 Å². The van der Waals surface area contributed by atoms with Gasteiger partial charge in [0.05, 0.1) is 11.0 Å². The van der Waals surface area contributed by atoms with Crippen molar-refractivity contribution in [1.29, 1.82) is 0 Å². The van der Waals surface area contributed by atoms with E-state index in [1.54, 1.807) is 13.8 Å². The highest BCUT2D eigenvalue weighted by atomic mass is 16.7. The molecule has 0 saturated carbocycles. The third-order valence-electron chi connectivity index (χ3n) is 5.56. The van der Waals surface area contributed by atoms with Crippen LogP contribution in [0.5, 0.6) is 11.5 Å². The quantitative estimate of drug-likeness (QED) is 0.177. The minimum atomic E-state index is -1.55. The van der Waals surface area contributed by atoms with E-state index < -0.39 is 59.1 Å². The smallest absolute Gasteiger partial charge is 0.431 e. The summed E-state index contributed by atoms with van der Waals surface area (Å²) in [5, 5.41) is 21.4. The van der Waals surface area contributed by atoms with Crippen LogP contribution in [0.3, 0.4) is 0 Å². The topological polar surface area (TPSA) is 189 Å². The number of ether oxygens (including phenoxy) is 4. The van der Waals surface area contributed by atoms with Crippen LogP contribution in [0.15, 0.2) is 21.3 Å². The molecule has 13 nitrogen and oxygen atoms in total. The van der Waals surface area contributed by atoms with Gasteiger partial charge in [-0.05, 0) is 32.9 Å². The summed E-state index contributed by atoms with van der Waals surface area (Å²) in [6, 6.07) is 2.74. The number of aryl methyl sites for hydroxylation is 1. The zero-order valence-corrected chi connectivity index (χ0v) is 19.9. The largest absolute Gasteiger partial charge is 0.506 e. The molecule has 0 bridgehead atoms. The van der Waals surface area contributed by atoms with Gasteiger partial charge < -0.3 is 39.3 Å². The van der Waals surface area contributed by atoms with Gasteiger partial charge in [0, 0.05) is 12.7 Å². The molecule has 1 aliphatic heterocycles. The zero-order valence-electron chi connectivity index (χ0n) is 19.9. The number of amides is 2. The van der Waals surface area contributed by atoms with Gasteiger partial charge in [-0.2, -0.15) is 5.48 Å². The second-order valence-corrected chi connectivity index (χ2v) is 8.36. The monoisotopic (exact) mass is 506 g/mol. The van der Waals surface area contributed by atoms with E-state index in [0.717, 1.165) is 0 Å². The number of hydrogen-bond donors (Lipinski definition) is 4. The number of primary amides is 1. The molecule has 4 atom stereocenters. The molecule has 0 unspecified atom stereocenters. The number of hydroxylamine groups is 1. The SMILES string of the molecule is C#CCONC(=O)O[C@H]1[C@@H](O)[C@H](Oc2ccc3c(O)c(C(N)=O)c(=O)oc3c2C)OC(C)(C)[C@@H]1OC. The Hall–Kier alpha value is -3.83. The number of terminal acetylenes is 1. The molecule has 1 fully saturated rings. The first-order valence-corrected chi connectivity index (χ1v) is 10.6. The average molecular weight is 506 g/mol. The van der Waals surface area contributed by atoms with Crippen LogP contribution in [0.4, 0.5) is 4.79 Å². The Labute approximate surface area is 205 Å². The van der Waals surface area contributed by atoms with Gasteiger partial charge in [-0.3, -0.25) is 9.63 Å². The van der Waals surface area contributed by atoms with Gasteiger partial charge in [-0.1, -0.05) is 5.92 Å². The molecule has 1 aliphatic rings. The number of aliphatic hydroxyl groups is 1. The van der Waals surface area contributed by atoms with Gasteiger partial charge in [0.25, 0.3) is 5.91 Å². The van der Waals surface area contributed by atoms with E-state index in [2.05, 4.69) is 5.92 Å². The number of aromatic hydroxyl groups is 1. The Balaban J connectivity index is 1.93. The minimum absolute atomic E-state index is 0.0444. The van der Waals surface area contributed by atoms with Crippen LogP contribution in [-0.2, 0) is 19.0 Å². The molecule has 194 valence electrons. The number of methoxy groups -OCH3 is 1. The lowest BCUT2D eigenvalue weighted by molar-refractivity contribution is -0.305. The second kappa shape index (κ2) is 10.4. The lowest BCUT2D eigenvalue weighted by Crippen LogP contribution is -2.65. The van der Waals surface area contributed by atoms with E-state index >= 15 is 0 Å². The molecule has 0 radical (unpaired) electrons. The van der Waals surface area contributed by atoms with Gasteiger partial charge >= 0.3 is 11.7 Å². The third-order valence-corrected chi connectivity index (χ3v) is 5.56. The highest BCUT2D eigenvalue weighted by Gasteiger charge is 2.53. The maximum Gasteiger partial charge on any atom is 0.431 e. The minimum Gasteiger partial charge on any atom is -0.506 e. The summed E-state index contributed by atoms with van der Waals surface area (Å²) >= 11 is 0. The first-order valence-electron chi connectivity index (χ1n) is 10.6. The van der Waals surface area contributed by atoms with Crippen molar-refractivity contribution in [2.75, 3.05) is 13.7 Å². The maximum absolute atomic E-state index is 12.2. The van der Waals surface area contributed by atoms with Crippen LogP contribution >= 0.6 is 0 Å². The summed E-state index contributed by atoms with van der Waals surface area (Å²) in [7, 11) is 1.36. The van der Waals surface area contributed by atoms with Crippen molar-refractivity contribution in [3.05, 3.63) is 33.7 Å². The average Bonchev–Trinajstić information content (AvgIpc) is 2.79. The van der Waals surface area contributed by atoms with Gasteiger partial charge in [0.1, 0.15) is 29.8 Å². The van der Waals surface area contributed by atoms with Crippen molar-refractivity contribution in [2.45, 2.75) is 51.0 Å². The fourth-order valence-corrected chi connectivity index (χ4v) is 3.93. The number of nitrogens with one attached hydrogen (secondary N) is 1. The molecule has 2 amide bonds. The summed E-state index contributed by atoms with van der Waals surface area (Å²) in [5.41, 5.74) is 4.39.